The zero-order valence-corrected chi connectivity index (χ0v) is 12.9. The summed E-state index contributed by atoms with van der Waals surface area (Å²) in [5.41, 5.74) is 0.435. The molecule has 0 saturated carbocycles. The first-order chi connectivity index (χ1) is 9.24. The van der Waals surface area contributed by atoms with E-state index in [0.717, 1.165) is 5.56 Å². The zero-order valence-electron chi connectivity index (χ0n) is 12.1. The molecule has 1 aromatic carbocycles. The van der Waals surface area contributed by atoms with Crippen molar-refractivity contribution in [3.8, 4) is 12.3 Å². The van der Waals surface area contributed by atoms with Crippen LogP contribution in [0.3, 0.4) is 0 Å². The molecule has 108 valence electrons. The summed E-state index contributed by atoms with van der Waals surface area (Å²) in [6.45, 7) is 6.58. The van der Waals surface area contributed by atoms with Crippen molar-refractivity contribution in [2.24, 2.45) is 11.3 Å². The molecule has 0 spiro atoms. The summed E-state index contributed by atoms with van der Waals surface area (Å²) < 4.78 is 30.5. The number of rotatable bonds is 1. The van der Waals surface area contributed by atoms with Crippen LogP contribution in [-0.2, 0) is 14.6 Å². The normalized spacial score (nSPS) is 25.9. The number of terminal acetylenes is 1. The monoisotopic (exact) mass is 292 g/mol. The zero-order chi connectivity index (χ0) is 15.0. The average Bonchev–Trinajstić information content (AvgIpc) is 2.37. The van der Waals surface area contributed by atoms with Gasteiger partial charge in [0.2, 0.25) is 0 Å². The molecule has 1 aliphatic heterocycles. The number of hydrogen-bond donors (Lipinski definition) is 0. The van der Waals surface area contributed by atoms with Crippen molar-refractivity contribution in [2.75, 3.05) is 12.4 Å². The summed E-state index contributed by atoms with van der Waals surface area (Å²) in [5, 5.41) is 0. The van der Waals surface area contributed by atoms with Gasteiger partial charge >= 0.3 is 0 Å². The van der Waals surface area contributed by atoms with Gasteiger partial charge in [-0.2, -0.15) is 0 Å². The Morgan fingerprint density at radius 3 is 2.30 bits per heavy atom. The molecular weight excluding hydrogens is 272 g/mol. The SMILES string of the molecule is C#Cc1ccc([C@@H]2OC[C@H](C(C)(C)C)CS2(=O)=O)cc1. The molecular formula is C16H20O3S. The highest BCUT2D eigenvalue weighted by molar-refractivity contribution is 7.91. The molecule has 1 aromatic rings. The maximum atomic E-state index is 12.4. The molecule has 2 atom stereocenters. The molecule has 2 rings (SSSR count). The van der Waals surface area contributed by atoms with Gasteiger partial charge in [0.05, 0.1) is 12.4 Å². The molecule has 0 aliphatic carbocycles. The molecule has 0 bridgehead atoms. The van der Waals surface area contributed by atoms with Crippen molar-refractivity contribution in [3.05, 3.63) is 35.4 Å². The third-order valence-corrected chi connectivity index (χ3v) is 5.71. The van der Waals surface area contributed by atoms with Gasteiger partial charge in [-0.3, -0.25) is 0 Å². The van der Waals surface area contributed by atoms with Crippen LogP contribution in [0.15, 0.2) is 24.3 Å². The lowest BCUT2D eigenvalue weighted by molar-refractivity contribution is 0.0311. The van der Waals surface area contributed by atoms with E-state index in [4.69, 9.17) is 11.2 Å². The minimum absolute atomic E-state index is 0.0220. The summed E-state index contributed by atoms with van der Waals surface area (Å²) >= 11 is 0. The first-order valence-electron chi connectivity index (χ1n) is 6.64. The van der Waals surface area contributed by atoms with Gasteiger partial charge in [-0.1, -0.05) is 38.8 Å². The second-order valence-electron chi connectivity index (χ2n) is 6.32. The quantitative estimate of drug-likeness (QED) is 0.748. The highest BCUT2D eigenvalue weighted by Crippen LogP contribution is 2.37. The minimum atomic E-state index is -3.30. The van der Waals surface area contributed by atoms with Crippen LogP contribution >= 0.6 is 0 Å². The summed E-state index contributed by atoms with van der Waals surface area (Å²) in [7, 11) is -3.30. The Labute approximate surface area is 121 Å². The molecule has 1 fully saturated rings. The van der Waals surface area contributed by atoms with Gasteiger partial charge in [-0.05, 0) is 23.1 Å². The summed E-state index contributed by atoms with van der Waals surface area (Å²) in [6, 6.07) is 6.94. The Balaban J connectivity index is 2.25. The topological polar surface area (TPSA) is 43.4 Å². The van der Waals surface area contributed by atoms with Crippen LogP contribution in [0.25, 0.3) is 0 Å². The maximum absolute atomic E-state index is 12.4. The van der Waals surface area contributed by atoms with Gasteiger partial charge in [0.25, 0.3) is 0 Å². The number of ether oxygens (including phenoxy) is 1. The maximum Gasteiger partial charge on any atom is 0.183 e. The van der Waals surface area contributed by atoms with E-state index in [0.29, 0.717) is 12.2 Å². The van der Waals surface area contributed by atoms with Gasteiger partial charge in [0, 0.05) is 11.5 Å². The fourth-order valence-corrected chi connectivity index (χ4v) is 4.45. The van der Waals surface area contributed by atoms with E-state index in [-0.39, 0.29) is 17.1 Å². The largest absolute Gasteiger partial charge is 0.357 e. The van der Waals surface area contributed by atoms with Crippen LogP contribution in [0.2, 0.25) is 0 Å². The lowest BCUT2D eigenvalue weighted by atomic mass is 9.82. The molecule has 1 aliphatic rings. The van der Waals surface area contributed by atoms with Gasteiger partial charge in [0.1, 0.15) is 0 Å². The fraction of sp³-hybridized carbons (Fsp3) is 0.500. The molecule has 20 heavy (non-hydrogen) atoms. The molecule has 3 nitrogen and oxygen atoms in total. The average molecular weight is 292 g/mol. The summed E-state index contributed by atoms with van der Waals surface area (Å²) in [5.74, 6) is 2.70. The second-order valence-corrected chi connectivity index (χ2v) is 8.41. The van der Waals surface area contributed by atoms with Crippen LogP contribution in [0.4, 0.5) is 0 Å². The van der Waals surface area contributed by atoms with Crippen LogP contribution in [0.1, 0.15) is 37.3 Å². The highest BCUT2D eigenvalue weighted by Gasteiger charge is 2.40. The Morgan fingerprint density at radius 2 is 1.85 bits per heavy atom. The molecule has 1 heterocycles. The Kier molecular flexibility index (Phi) is 3.95. The van der Waals surface area contributed by atoms with Crippen molar-refractivity contribution in [3.63, 3.8) is 0 Å². The number of sulfone groups is 1. The standard InChI is InChI=1S/C16H20O3S/c1-5-12-6-8-13(9-7-12)15-19-10-14(16(2,3)4)11-20(15,17)18/h1,6-9,14-15H,10-11H2,2-4H3/t14-,15+/m0/s1. The number of benzene rings is 1. The lowest BCUT2D eigenvalue weighted by Gasteiger charge is -2.36. The van der Waals surface area contributed by atoms with Crippen molar-refractivity contribution in [1.82, 2.24) is 0 Å². The fourth-order valence-electron chi connectivity index (χ4n) is 2.26. The highest BCUT2D eigenvalue weighted by atomic mass is 32.2. The third-order valence-electron chi connectivity index (χ3n) is 3.78. The van der Waals surface area contributed by atoms with E-state index >= 15 is 0 Å². The summed E-state index contributed by atoms with van der Waals surface area (Å²) in [4.78, 5) is 0. The van der Waals surface area contributed by atoms with Crippen LogP contribution in [0, 0.1) is 23.7 Å². The van der Waals surface area contributed by atoms with Gasteiger partial charge < -0.3 is 4.74 Å². The lowest BCUT2D eigenvalue weighted by Crippen LogP contribution is -2.39. The van der Waals surface area contributed by atoms with Crippen LogP contribution < -0.4 is 0 Å². The van der Waals surface area contributed by atoms with Crippen molar-refractivity contribution in [1.29, 1.82) is 0 Å². The third kappa shape index (κ3) is 3.05. The number of hydrogen-bond acceptors (Lipinski definition) is 3. The second kappa shape index (κ2) is 5.23. The Hall–Kier alpha value is -1.31. The van der Waals surface area contributed by atoms with Crippen LogP contribution in [0.5, 0.6) is 0 Å². The molecule has 0 unspecified atom stereocenters. The molecule has 0 amide bonds. The molecule has 0 radical (unpaired) electrons. The van der Waals surface area contributed by atoms with E-state index in [1.54, 1.807) is 24.3 Å². The molecule has 1 saturated heterocycles. The molecule has 0 aromatic heterocycles. The van der Waals surface area contributed by atoms with Crippen molar-refractivity contribution in [2.45, 2.75) is 26.2 Å². The smallest absolute Gasteiger partial charge is 0.183 e. The van der Waals surface area contributed by atoms with E-state index < -0.39 is 15.3 Å². The van der Waals surface area contributed by atoms with Gasteiger partial charge in [-0.15, -0.1) is 6.42 Å². The minimum Gasteiger partial charge on any atom is -0.357 e. The molecule has 4 heteroatoms. The van der Waals surface area contributed by atoms with E-state index in [9.17, 15) is 8.42 Å². The Morgan fingerprint density at radius 1 is 1.25 bits per heavy atom. The van der Waals surface area contributed by atoms with Gasteiger partial charge in [0.15, 0.2) is 15.3 Å². The first-order valence-corrected chi connectivity index (χ1v) is 8.35. The summed E-state index contributed by atoms with van der Waals surface area (Å²) in [6.07, 6.45) is 5.30. The van der Waals surface area contributed by atoms with Gasteiger partial charge in [-0.25, -0.2) is 8.42 Å². The predicted molar refractivity (Wildman–Crippen MR) is 79.8 cm³/mol. The van der Waals surface area contributed by atoms with Crippen molar-refractivity contribution >= 4 is 9.84 Å². The Bertz CT molecular complexity index is 615. The molecule has 0 N–H and O–H groups in total. The van der Waals surface area contributed by atoms with E-state index in [2.05, 4.69) is 5.92 Å². The van der Waals surface area contributed by atoms with Crippen LogP contribution in [-0.4, -0.2) is 20.8 Å². The van der Waals surface area contributed by atoms with Crippen molar-refractivity contribution < 1.29 is 13.2 Å². The van der Waals surface area contributed by atoms with E-state index in [1.807, 2.05) is 20.8 Å². The predicted octanol–water partition coefficient (Wildman–Crippen LogP) is 2.77. The van der Waals surface area contributed by atoms with E-state index in [1.165, 1.54) is 0 Å². The first kappa shape index (κ1) is 15.1.